The lowest BCUT2D eigenvalue weighted by Gasteiger charge is -2.26. The Morgan fingerprint density at radius 2 is 2.07 bits per heavy atom. The maximum atomic E-state index is 11.1. The fourth-order valence-corrected chi connectivity index (χ4v) is 3.57. The van der Waals surface area contributed by atoms with Gasteiger partial charge in [0.05, 0.1) is 23.7 Å². The number of ether oxygens (including phenoxy) is 1. The molecule has 0 spiro atoms. The molecule has 6 nitrogen and oxygen atoms in total. The van der Waals surface area contributed by atoms with Gasteiger partial charge >= 0.3 is 0 Å². The van der Waals surface area contributed by atoms with E-state index in [2.05, 4.69) is 40.3 Å². The van der Waals surface area contributed by atoms with Crippen molar-refractivity contribution in [1.29, 1.82) is 0 Å². The first-order valence-electron chi connectivity index (χ1n) is 9.22. The van der Waals surface area contributed by atoms with Crippen LogP contribution in [0.1, 0.15) is 29.9 Å². The number of carbonyl (C=O) groups excluding carboxylic acids is 1. The second-order valence-corrected chi connectivity index (χ2v) is 7.07. The third-order valence-electron chi connectivity index (χ3n) is 4.81. The first-order chi connectivity index (χ1) is 13.1. The van der Waals surface area contributed by atoms with E-state index in [1.165, 1.54) is 23.6 Å². The molecule has 1 aliphatic rings. The molecule has 0 unspecified atom stereocenters. The molecule has 6 heteroatoms. The van der Waals surface area contributed by atoms with E-state index in [0.29, 0.717) is 13.2 Å². The van der Waals surface area contributed by atoms with E-state index in [-0.39, 0.29) is 11.9 Å². The van der Waals surface area contributed by atoms with Crippen molar-refractivity contribution in [2.45, 2.75) is 33.0 Å². The van der Waals surface area contributed by atoms with Crippen molar-refractivity contribution in [2.24, 2.45) is 0 Å². The summed E-state index contributed by atoms with van der Waals surface area (Å²) in [6, 6.07) is 14.5. The lowest BCUT2D eigenvalue weighted by atomic mass is 10.2. The molecule has 0 saturated carbocycles. The largest absolute Gasteiger partial charge is 0.371 e. The summed E-state index contributed by atoms with van der Waals surface area (Å²) in [5, 5.41) is 6.31. The predicted octanol–water partition coefficient (Wildman–Crippen LogP) is 3.16. The van der Waals surface area contributed by atoms with Crippen molar-refractivity contribution in [3.05, 3.63) is 59.4 Å². The maximum absolute atomic E-state index is 11.1. The number of imidazole rings is 1. The molecule has 0 aliphatic carbocycles. The lowest BCUT2D eigenvalue weighted by molar-refractivity contribution is -0.114. The molecule has 140 valence electrons. The summed E-state index contributed by atoms with van der Waals surface area (Å²) >= 11 is 0. The molecule has 4 rings (SSSR count). The number of aromatic nitrogens is 2. The van der Waals surface area contributed by atoms with Gasteiger partial charge < -0.3 is 19.9 Å². The Morgan fingerprint density at radius 1 is 1.26 bits per heavy atom. The van der Waals surface area contributed by atoms with Gasteiger partial charge in [-0.15, -0.1) is 0 Å². The maximum Gasteiger partial charge on any atom is 0.221 e. The molecule has 1 aromatic heterocycles. The minimum absolute atomic E-state index is 0.0586. The molecule has 0 bridgehead atoms. The quantitative estimate of drug-likeness (QED) is 0.730. The van der Waals surface area contributed by atoms with Gasteiger partial charge in [-0.2, -0.15) is 0 Å². The van der Waals surface area contributed by atoms with Crippen LogP contribution in [0.5, 0.6) is 0 Å². The zero-order valence-corrected chi connectivity index (χ0v) is 15.7. The SMILES string of the molecule is CC(=O)Nc1ccc(CNC[C@H]2COCc3nc4cc(C)ccc4n32)cc1. The van der Waals surface area contributed by atoms with E-state index in [1.54, 1.807) is 0 Å². The minimum Gasteiger partial charge on any atom is -0.371 e. The number of hydrogen-bond acceptors (Lipinski definition) is 4. The molecule has 0 saturated heterocycles. The van der Waals surface area contributed by atoms with E-state index in [9.17, 15) is 4.79 Å². The number of nitrogens with zero attached hydrogens (tertiary/aromatic N) is 2. The summed E-state index contributed by atoms with van der Waals surface area (Å²) < 4.78 is 8.07. The van der Waals surface area contributed by atoms with Gasteiger partial charge in [-0.3, -0.25) is 4.79 Å². The van der Waals surface area contributed by atoms with E-state index in [4.69, 9.17) is 9.72 Å². The van der Waals surface area contributed by atoms with Crippen molar-refractivity contribution in [2.75, 3.05) is 18.5 Å². The molecule has 0 fully saturated rings. The van der Waals surface area contributed by atoms with Crippen LogP contribution in [0.4, 0.5) is 5.69 Å². The number of aryl methyl sites for hydroxylation is 1. The van der Waals surface area contributed by atoms with Crippen LogP contribution >= 0.6 is 0 Å². The molecule has 1 atom stereocenters. The van der Waals surface area contributed by atoms with Gasteiger partial charge in [0.2, 0.25) is 5.91 Å². The van der Waals surface area contributed by atoms with Crippen LogP contribution in [0.3, 0.4) is 0 Å². The lowest BCUT2D eigenvalue weighted by Crippen LogP contribution is -2.32. The van der Waals surface area contributed by atoms with Gasteiger partial charge in [-0.25, -0.2) is 4.98 Å². The van der Waals surface area contributed by atoms with Crippen LogP contribution < -0.4 is 10.6 Å². The van der Waals surface area contributed by atoms with Crippen molar-refractivity contribution in [1.82, 2.24) is 14.9 Å². The molecule has 1 aliphatic heterocycles. The van der Waals surface area contributed by atoms with Crippen molar-refractivity contribution in [3.8, 4) is 0 Å². The number of benzene rings is 2. The Hall–Kier alpha value is -2.70. The van der Waals surface area contributed by atoms with Crippen LogP contribution in [-0.4, -0.2) is 28.6 Å². The zero-order chi connectivity index (χ0) is 18.8. The van der Waals surface area contributed by atoms with Gasteiger partial charge in [0, 0.05) is 25.7 Å². The number of rotatable bonds is 5. The standard InChI is InChI=1S/C21H24N4O2/c1-14-3-8-20-19(9-14)24-21-13-27-12-18(25(20)21)11-22-10-16-4-6-17(7-5-16)23-15(2)26/h3-9,18,22H,10-13H2,1-2H3,(H,23,26)/t18-/m0/s1. The van der Waals surface area contributed by atoms with Crippen LogP contribution in [-0.2, 0) is 22.7 Å². The third kappa shape index (κ3) is 3.86. The highest BCUT2D eigenvalue weighted by Gasteiger charge is 2.23. The monoisotopic (exact) mass is 364 g/mol. The first kappa shape index (κ1) is 17.7. The highest BCUT2D eigenvalue weighted by atomic mass is 16.5. The fourth-order valence-electron chi connectivity index (χ4n) is 3.57. The summed E-state index contributed by atoms with van der Waals surface area (Å²) in [5.41, 5.74) is 5.42. The van der Waals surface area contributed by atoms with Gasteiger partial charge in [0.25, 0.3) is 0 Å². The van der Waals surface area contributed by atoms with Gasteiger partial charge in [-0.05, 0) is 42.3 Å². The Balaban J connectivity index is 1.43. The molecule has 1 amide bonds. The fraction of sp³-hybridized carbons (Fsp3) is 0.333. The average Bonchev–Trinajstić information content (AvgIpc) is 3.01. The Bertz CT molecular complexity index is 962. The Kier molecular flexibility index (Phi) is 4.92. The molecule has 2 heterocycles. The third-order valence-corrected chi connectivity index (χ3v) is 4.81. The second-order valence-electron chi connectivity index (χ2n) is 7.07. The highest BCUT2D eigenvalue weighted by molar-refractivity contribution is 5.88. The van der Waals surface area contributed by atoms with Crippen molar-refractivity contribution in [3.63, 3.8) is 0 Å². The molecule has 0 radical (unpaired) electrons. The summed E-state index contributed by atoms with van der Waals surface area (Å²) in [6.07, 6.45) is 0. The molecular formula is C21H24N4O2. The minimum atomic E-state index is -0.0586. The van der Waals surface area contributed by atoms with E-state index >= 15 is 0 Å². The summed E-state index contributed by atoms with van der Waals surface area (Å²) in [5.74, 6) is 0.935. The number of hydrogen-bond donors (Lipinski definition) is 2. The van der Waals surface area contributed by atoms with Gasteiger partial charge in [-0.1, -0.05) is 18.2 Å². The van der Waals surface area contributed by atoms with Crippen molar-refractivity contribution < 1.29 is 9.53 Å². The summed E-state index contributed by atoms with van der Waals surface area (Å²) in [6.45, 7) is 6.41. The van der Waals surface area contributed by atoms with Gasteiger partial charge in [0.1, 0.15) is 12.4 Å². The van der Waals surface area contributed by atoms with Crippen LogP contribution in [0.25, 0.3) is 11.0 Å². The Labute approximate surface area is 158 Å². The topological polar surface area (TPSA) is 68.2 Å². The number of anilines is 1. The predicted molar refractivity (Wildman–Crippen MR) is 106 cm³/mol. The van der Waals surface area contributed by atoms with E-state index < -0.39 is 0 Å². The number of nitrogens with one attached hydrogen (secondary N) is 2. The van der Waals surface area contributed by atoms with E-state index in [0.717, 1.165) is 30.1 Å². The second kappa shape index (κ2) is 7.50. The number of fused-ring (bicyclic) bond motifs is 3. The normalized spacial score (nSPS) is 16.3. The van der Waals surface area contributed by atoms with Gasteiger partial charge in [0.15, 0.2) is 0 Å². The summed E-state index contributed by atoms with van der Waals surface area (Å²) in [7, 11) is 0. The number of carbonyl (C=O) groups is 1. The van der Waals surface area contributed by atoms with E-state index in [1.807, 2.05) is 24.3 Å². The van der Waals surface area contributed by atoms with Crippen molar-refractivity contribution >= 4 is 22.6 Å². The number of amides is 1. The molecule has 2 N–H and O–H groups in total. The molecule has 3 aromatic rings. The Morgan fingerprint density at radius 3 is 2.85 bits per heavy atom. The van der Waals surface area contributed by atoms with Crippen LogP contribution in [0.2, 0.25) is 0 Å². The average molecular weight is 364 g/mol. The smallest absolute Gasteiger partial charge is 0.221 e. The summed E-state index contributed by atoms with van der Waals surface area (Å²) in [4.78, 5) is 15.8. The zero-order valence-electron chi connectivity index (χ0n) is 15.7. The molecular weight excluding hydrogens is 340 g/mol. The highest BCUT2D eigenvalue weighted by Crippen LogP contribution is 2.26. The molecule has 2 aromatic carbocycles. The molecule has 27 heavy (non-hydrogen) atoms. The van der Waals surface area contributed by atoms with Crippen LogP contribution in [0, 0.1) is 6.92 Å². The van der Waals surface area contributed by atoms with Crippen LogP contribution in [0.15, 0.2) is 42.5 Å². The first-order valence-corrected chi connectivity index (χ1v) is 9.22.